The summed E-state index contributed by atoms with van der Waals surface area (Å²) in [5, 5.41) is 3.09. The Morgan fingerprint density at radius 3 is 2.90 bits per heavy atom. The summed E-state index contributed by atoms with van der Waals surface area (Å²) in [6.07, 6.45) is 1.59. The Kier molecular flexibility index (Phi) is 6.17. The minimum atomic E-state index is -0.0950. The van der Waals surface area contributed by atoms with Crippen molar-refractivity contribution in [3.05, 3.63) is 44.3 Å². The van der Waals surface area contributed by atoms with Crippen molar-refractivity contribution in [3.8, 4) is 0 Å². The maximum atomic E-state index is 12.1. The maximum Gasteiger partial charge on any atom is 0.238 e. The van der Waals surface area contributed by atoms with Crippen molar-refractivity contribution in [2.24, 2.45) is 0 Å². The molecule has 2 rings (SSSR count). The number of hydrogen-bond donors (Lipinski definition) is 1. The van der Waals surface area contributed by atoms with Crippen LogP contribution in [0.2, 0.25) is 5.15 Å². The van der Waals surface area contributed by atoms with Gasteiger partial charge < -0.3 is 5.32 Å². The Morgan fingerprint density at radius 1 is 1.48 bits per heavy atom. The highest BCUT2D eigenvalue weighted by molar-refractivity contribution is 9.11. The second-order valence-corrected chi connectivity index (χ2v) is 7.30. The van der Waals surface area contributed by atoms with Crippen LogP contribution in [0.1, 0.15) is 11.8 Å². The van der Waals surface area contributed by atoms with Crippen LogP contribution < -0.4 is 5.32 Å². The second kappa shape index (κ2) is 7.89. The predicted molar refractivity (Wildman–Crippen MR) is 90.8 cm³/mol. The van der Waals surface area contributed by atoms with Gasteiger partial charge in [0.25, 0.3) is 0 Å². The Labute approximate surface area is 141 Å². The average molecular weight is 389 g/mol. The van der Waals surface area contributed by atoms with Crippen LogP contribution >= 0.6 is 38.9 Å². The minimum absolute atomic E-state index is 0.0950. The molecule has 112 valence electrons. The van der Waals surface area contributed by atoms with Crippen molar-refractivity contribution >= 4 is 50.5 Å². The van der Waals surface area contributed by atoms with Gasteiger partial charge in [0.2, 0.25) is 5.91 Å². The van der Waals surface area contributed by atoms with E-state index in [2.05, 4.69) is 37.2 Å². The predicted octanol–water partition coefficient (Wildman–Crippen LogP) is 4.02. The molecule has 0 saturated carbocycles. The highest BCUT2D eigenvalue weighted by Crippen LogP contribution is 2.23. The molecule has 0 fully saturated rings. The molecular formula is C14H15BrClN3OS. The fourth-order valence-electron chi connectivity index (χ4n) is 1.81. The number of amides is 1. The van der Waals surface area contributed by atoms with Crippen LogP contribution in [-0.2, 0) is 11.3 Å². The summed E-state index contributed by atoms with van der Waals surface area (Å²) in [6.45, 7) is 3.90. The van der Waals surface area contributed by atoms with E-state index in [9.17, 15) is 4.79 Å². The molecule has 2 aromatic heterocycles. The number of aromatic nitrogens is 1. The molecule has 2 aromatic rings. The first-order chi connectivity index (χ1) is 10.1. The normalized spacial score (nSPS) is 10.9. The first kappa shape index (κ1) is 16.4. The minimum Gasteiger partial charge on any atom is -0.322 e. The molecule has 21 heavy (non-hydrogen) atoms. The molecule has 0 atom stereocenters. The number of anilines is 1. The van der Waals surface area contributed by atoms with Gasteiger partial charge in [0.05, 0.1) is 16.0 Å². The van der Waals surface area contributed by atoms with E-state index in [0.717, 1.165) is 16.9 Å². The van der Waals surface area contributed by atoms with Gasteiger partial charge in [-0.15, -0.1) is 11.3 Å². The third-order valence-electron chi connectivity index (χ3n) is 2.86. The van der Waals surface area contributed by atoms with Crippen molar-refractivity contribution in [2.75, 3.05) is 18.4 Å². The molecule has 7 heteroatoms. The molecule has 2 heterocycles. The molecule has 1 N–H and O–H groups in total. The number of pyridine rings is 1. The largest absolute Gasteiger partial charge is 0.322 e. The molecule has 0 radical (unpaired) electrons. The Morgan fingerprint density at radius 2 is 2.29 bits per heavy atom. The summed E-state index contributed by atoms with van der Waals surface area (Å²) >= 11 is 11.1. The van der Waals surface area contributed by atoms with Crippen molar-refractivity contribution in [2.45, 2.75) is 13.5 Å². The van der Waals surface area contributed by atoms with Gasteiger partial charge in [-0.3, -0.25) is 9.69 Å². The number of thiophene rings is 1. The maximum absolute atomic E-state index is 12.1. The quantitative estimate of drug-likeness (QED) is 0.760. The number of carbonyl (C=O) groups is 1. The fraction of sp³-hybridized carbons (Fsp3) is 0.286. The zero-order valence-corrected chi connectivity index (χ0v) is 14.6. The number of rotatable bonds is 6. The van der Waals surface area contributed by atoms with Crippen LogP contribution in [0.4, 0.5) is 5.69 Å². The lowest BCUT2D eigenvalue weighted by Crippen LogP contribution is -2.32. The molecule has 0 saturated heterocycles. The number of nitrogens with zero attached hydrogens (tertiary/aromatic N) is 2. The van der Waals surface area contributed by atoms with E-state index in [1.807, 2.05) is 13.0 Å². The highest BCUT2D eigenvalue weighted by Gasteiger charge is 2.12. The molecule has 0 aliphatic rings. The van der Waals surface area contributed by atoms with Crippen LogP contribution in [0.5, 0.6) is 0 Å². The summed E-state index contributed by atoms with van der Waals surface area (Å²) in [5.74, 6) is -0.0950. The van der Waals surface area contributed by atoms with Crippen LogP contribution in [0.15, 0.2) is 34.2 Å². The number of nitrogens with one attached hydrogen (secondary N) is 1. The number of carbonyl (C=O) groups excluding carboxylic acids is 1. The molecule has 0 aliphatic carbocycles. The smallest absolute Gasteiger partial charge is 0.238 e. The van der Waals surface area contributed by atoms with Gasteiger partial charge >= 0.3 is 0 Å². The Bertz CT molecular complexity index is 620. The summed E-state index contributed by atoms with van der Waals surface area (Å²) < 4.78 is 1.10. The van der Waals surface area contributed by atoms with Gasteiger partial charge in [0, 0.05) is 17.6 Å². The summed E-state index contributed by atoms with van der Waals surface area (Å²) in [4.78, 5) is 19.3. The zero-order valence-electron chi connectivity index (χ0n) is 11.5. The number of hydrogen-bond acceptors (Lipinski definition) is 4. The van der Waals surface area contributed by atoms with Crippen molar-refractivity contribution in [1.29, 1.82) is 0 Å². The van der Waals surface area contributed by atoms with Crippen molar-refractivity contribution in [1.82, 2.24) is 9.88 Å². The van der Waals surface area contributed by atoms with Gasteiger partial charge in [0.15, 0.2) is 5.15 Å². The lowest BCUT2D eigenvalue weighted by molar-refractivity contribution is -0.117. The van der Waals surface area contributed by atoms with Gasteiger partial charge in [-0.25, -0.2) is 4.98 Å². The van der Waals surface area contributed by atoms with Crippen molar-refractivity contribution in [3.63, 3.8) is 0 Å². The summed E-state index contributed by atoms with van der Waals surface area (Å²) in [7, 11) is 0. The Balaban J connectivity index is 1.92. The molecule has 0 aromatic carbocycles. The SMILES string of the molecule is CCN(CC(=O)Nc1cccnc1Cl)Cc1ccc(Br)s1. The number of likely N-dealkylation sites (N-methyl/N-ethyl adjacent to an activating group) is 1. The third kappa shape index (κ3) is 5.07. The van der Waals surface area contributed by atoms with E-state index in [0.29, 0.717) is 17.4 Å². The Hall–Kier alpha value is -0.950. The van der Waals surface area contributed by atoms with Crippen LogP contribution in [0.3, 0.4) is 0 Å². The van der Waals surface area contributed by atoms with E-state index < -0.39 is 0 Å². The topological polar surface area (TPSA) is 45.2 Å². The molecule has 4 nitrogen and oxygen atoms in total. The molecule has 0 aliphatic heterocycles. The monoisotopic (exact) mass is 387 g/mol. The third-order valence-corrected chi connectivity index (χ3v) is 4.77. The summed E-state index contributed by atoms with van der Waals surface area (Å²) in [6, 6.07) is 7.55. The lowest BCUT2D eigenvalue weighted by atomic mass is 10.3. The van der Waals surface area contributed by atoms with E-state index >= 15 is 0 Å². The molecular weight excluding hydrogens is 374 g/mol. The van der Waals surface area contributed by atoms with Gasteiger partial charge in [-0.1, -0.05) is 18.5 Å². The van der Waals surface area contributed by atoms with Crippen LogP contribution in [-0.4, -0.2) is 28.9 Å². The van der Waals surface area contributed by atoms with E-state index in [4.69, 9.17) is 11.6 Å². The van der Waals surface area contributed by atoms with E-state index in [1.54, 1.807) is 29.7 Å². The molecule has 1 amide bonds. The summed E-state index contributed by atoms with van der Waals surface area (Å²) in [5.41, 5.74) is 0.541. The highest BCUT2D eigenvalue weighted by atomic mass is 79.9. The fourth-order valence-corrected chi connectivity index (χ4v) is 3.50. The van der Waals surface area contributed by atoms with Crippen LogP contribution in [0.25, 0.3) is 0 Å². The van der Waals surface area contributed by atoms with E-state index in [-0.39, 0.29) is 5.91 Å². The van der Waals surface area contributed by atoms with Crippen molar-refractivity contribution < 1.29 is 4.79 Å². The second-order valence-electron chi connectivity index (χ2n) is 4.40. The van der Waals surface area contributed by atoms with Gasteiger partial charge in [0.1, 0.15) is 0 Å². The molecule has 0 bridgehead atoms. The van der Waals surface area contributed by atoms with Gasteiger partial charge in [-0.05, 0) is 46.7 Å². The first-order valence-corrected chi connectivity index (χ1v) is 8.44. The first-order valence-electron chi connectivity index (χ1n) is 6.45. The van der Waals surface area contributed by atoms with E-state index in [1.165, 1.54) is 4.88 Å². The zero-order chi connectivity index (χ0) is 15.2. The standard InChI is InChI=1S/C14H15BrClN3OS/c1-2-19(8-10-5-6-12(15)21-10)9-13(20)18-11-4-3-7-17-14(11)16/h3-7H,2,8-9H2,1H3,(H,18,20). The number of halogens is 2. The average Bonchev–Trinajstić information content (AvgIpc) is 2.86. The molecule has 0 spiro atoms. The lowest BCUT2D eigenvalue weighted by Gasteiger charge is -2.19. The molecule has 0 unspecified atom stereocenters. The van der Waals surface area contributed by atoms with Crippen LogP contribution in [0, 0.1) is 0 Å². The van der Waals surface area contributed by atoms with Gasteiger partial charge in [-0.2, -0.15) is 0 Å².